The van der Waals surface area contributed by atoms with Gasteiger partial charge in [0.1, 0.15) is 0 Å². The predicted octanol–water partition coefficient (Wildman–Crippen LogP) is 2.43. The van der Waals surface area contributed by atoms with E-state index < -0.39 is 0 Å². The zero-order valence-corrected chi connectivity index (χ0v) is 11.1. The van der Waals surface area contributed by atoms with Crippen LogP contribution >= 0.6 is 23.2 Å². The first-order valence-electron chi connectivity index (χ1n) is 5.53. The van der Waals surface area contributed by atoms with Gasteiger partial charge < -0.3 is 10.2 Å². The molecule has 0 bridgehead atoms. The number of halogens is 2. The Morgan fingerprint density at radius 2 is 2.24 bits per heavy atom. The molecule has 1 atom stereocenters. The SMILES string of the molecule is CN(C(=O)c1cccc(Cl)c1Cl)[C@@H]1CCNC1. The van der Waals surface area contributed by atoms with Crippen LogP contribution in [0.5, 0.6) is 0 Å². The molecule has 3 nitrogen and oxygen atoms in total. The maximum absolute atomic E-state index is 12.3. The summed E-state index contributed by atoms with van der Waals surface area (Å²) >= 11 is 12.0. The van der Waals surface area contributed by atoms with Crippen LogP contribution in [0, 0.1) is 0 Å². The number of likely N-dealkylation sites (N-methyl/N-ethyl adjacent to an activating group) is 1. The maximum atomic E-state index is 12.3. The fourth-order valence-corrected chi connectivity index (χ4v) is 2.38. The van der Waals surface area contributed by atoms with Crippen molar-refractivity contribution in [1.82, 2.24) is 10.2 Å². The Morgan fingerprint density at radius 3 is 2.88 bits per heavy atom. The van der Waals surface area contributed by atoms with Crippen LogP contribution in [0.3, 0.4) is 0 Å². The second kappa shape index (κ2) is 5.25. The molecule has 0 aliphatic carbocycles. The van der Waals surface area contributed by atoms with E-state index >= 15 is 0 Å². The molecule has 92 valence electrons. The van der Waals surface area contributed by atoms with Crippen molar-refractivity contribution in [2.45, 2.75) is 12.5 Å². The molecule has 1 saturated heterocycles. The van der Waals surface area contributed by atoms with E-state index in [2.05, 4.69) is 5.32 Å². The third-order valence-corrected chi connectivity index (χ3v) is 3.90. The van der Waals surface area contributed by atoms with Crippen LogP contribution in [-0.4, -0.2) is 37.0 Å². The van der Waals surface area contributed by atoms with Gasteiger partial charge in [-0.25, -0.2) is 0 Å². The number of rotatable bonds is 2. The van der Waals surface area contributed by atoms with Crippen LogP contribution in [0.15, 0.2) is 18.2 Å². The van der Waals surface area contributed by atoms with E-state index in [-0.39, 0.29) is 11.9 Å². The van der Waals surface area contributed by atoms with E-state index in [9.17, 15) is 4.79 Å². The van der Waals surface area contributed by atoms with Gasteiger partial charge in [-0.15, -0.1) is 0 Å². The number of nitrogens with one attached hydrogen (secondary N) is 1. The molecule has 1 aromatic rings. The zero-order chi connectivity index (χ0) is 12.4. The van der Waals surface area contributed by atoms with Gasteiger partial charge in [-0.05, 0) is 25.1 Å². The lowest BCUT2D eigenvalue weighted by Gasteiger charge is -2.24. The molecule has 1 aliphatic heterocycles. The summed E-state index contributed by atoms with van der Waals surface area (Å²) in [6.07, 6.45) is 0.973. The Kier molecular flexibility index (Phi) is 3.92. The Morgan fingerprint density at radius 1 is 1.47 bits per heavy atom. The minimum absolute atomic E-state index is 0.0776. The van der Waals surface area contributed by atoms with Gasteiger partial charge in [-0.3, -0.25) is 4.79 Å². The average Bonchev–Trinajstić information content (AvgIpc) is 2.84. The first-order valence-corrected chi connectivity index (χ1v) is 6.28. The zero-order valence-electron chi connectivity index (χ0n) is 9.54. The Bertz CT molecular complexity index is 431. The van der Waals surface area contributed by atoms with Gasteiger partial charge >= 0.3 is 0 Å². The molecular formula is C12H14Cl2N2O. The lowest BCUT2D eigenvalue weighted by molar-refractivity contribution is 0.0744. The summed E-state index contributed by atoms with van der Waals surface area (Å²) in [5.74, 6) is -0.0776. The molecular weight excluding hydrogens is 259 g/mol. The van der Waals surface area contributed by atoms with Crippen LogP contribution in [0.25, 0.3) is 0 Å². The van der Waals surface area contributed by atoms with Gasteiger partial charge in [0.25, 0.3) is 5.91 Å². The standard InChI is InChI=1S/C12H14Cl2N2O/c1-16(8-5-6-15-7-8)12(17)9-3-2-4-10(13)11(9)14/h2-4,8,15H,5-7H2,1H3/t8-/m1/s1. The van der Waals surface area contributed by atoms with Crippen molar-refractivity contribution in [3.05, 3.63) is 33.8 Å². The van der Waals surface area contributed by atoms with Crippen LogP contribution in [0.2, 0.25) is 10.0 Å². The molecule has 5 heteroatoms. The molecule has 0 unspecified atom stereocenters. The summed E-state index contributed by atoms with van der Waals surface area (Å²) in [5.41, 5.74) is 0.466. The fraction of sp³-hybridized carbons (Fsp3) is 0.417. The van der Waals surface area contributed by atoms with Crippen molar-refractivity contribution < 1.29 is 4.79 Å². The number of nitrogens with zero attached hydrogens (tertiary/aromatic N) is 1. The smallest absolute Gasteiger partial charge is 0.255 e. The summed E-state index contributed by atoms with van der Waals surface area (Å²) in [7, 11) is 1.80. The van der Waals surface area contributed by atoms with Crippen molar-refractivity contribution in [2.75, 3.05) is 20.1 Å². The molecule has 17 heavy (non-hydrogen) atoms. The van der Waals surface area contributed by atoms with Crippen molar-refractivity contribution >= 4 is 29.1 Å². The monoisotopic (exact) mass is 272 g/mol. The van der Waals surface area contributed by atoms with Crippen LogP contribution < -0.4 is 5.32 Å². The van der Waals surface area contributed by atoms with Crippen LogP contribution in [0.1, 0.15) is 16.8 Å². The van der Waals surface area contributed by atoms with E-state index in [1.54, 1.807) is 30.1 Å². The second-order valence-corrected chi connectivity index (χ2v) is 4.95. The number of carbonyl (C=O) groups is 1. The lowest BCUT2D eigenvalue weighted by Crippen LogP contribution is -2.38. The van der Waals surface area contributed by atoms with E-state index in [0.717, 1.165) is 19.5 Å². The highest BCUT2D eigenvalue weighted by Crippen LogP contribution is 2.27. The topological polar surface area (TPSA) is 32.3 Å². The summed E-state index contributed by atoms with van der Waals surface area (Å²) in [6.45, 7) is 1.78. The summed E-state index contributed by atoms with van der Waals surface area (Å²) < 4.78 is 0. The van der Waals surface area contributed by atoms with Crippen molar-refractivity contribution in [3.63, 3.8) is 0 Å². The van der Waals surface area contributed by atoms with Crippen LogP contribution in [-0.2, 0) is 0 Å². The highest BCUT2D eigenvalue weighted by Gasteiger charge is 2.25. The van der Waals surface area contributed by atoms with Gasteiger partial charge in [-0.1, -0.05) is 29.3 Å². The van der Waals surface area contributed by atoms with Gasteiger partial charge in [-0.2, -0.15) is 0 Å². The third-order valence-electron chi connectivity index (χ3n) is 3.08. The molecule has 2 rings (SSSR count). The molecule has 1 aliphatic rings. The Balaban J connectivity index is 2.21. The quantitative estimate of drug-likeness (QED) is 0.897. The van der Waals surface area contributed by atoms with Crippen molar-refractivity contribution in [3.8, 4) is 0 Å². The minimum Gasteiger partial charge on any atom is -0.337 e. The van der Waals surface area contributed by atoms with Gasteiger partial charge in [0.2, 0.25) is 0 Å². The maximum Gasteiger partial charge on any atom is 0.255 e. The molecule has 1 aromatic carbocycles. The molecule has 1 heterocycles. The summed E-state index contributed by atoms with van der Waals surface area (Å²) in [4.78, 5) is 14.0. The van der Waals surface area contributed by atoms with Gasteiger partial charge in [0, 0.05) is 19.6 Å². The number of hydrogen-bond donors (Lipinski definition) is 1. The van der Waals surface area contributed by atoms with E-state index in [1.807, 2.05) is 0 Å². The molecule has 1 N–H and O–H groups in total. The number of hydrogen-bond acceptors (Lipinski definition) is 2. The van der Waals surface area contributed by atoms with Crippen molar-refractivity contribution in [1.29, 1.82) is 0 Å². The fourth-order valence-electron chi connectivity index (χ4n) is 1.99. The molecule has 1 fully saturated rings. The van der Waals surface area contributed by atoms with Crippen LogP contribution in [0.4, 0.5) is 0 Å². The third kappa shape index (κ3) is 2.57. The van der Waals surface area contributed by atoms with E-state index in [0.29, 0.717) is 15.6 Å². The van der Waals surface area contributed by atoms with E-state index in [4.69, 9.17) is 23.2 Å². The predicted molar refractivity (Wildman–Crippen MR) is 69.8 cm³/mol. The summed E-state index contributed by atoms with van der Waals surface area (Å²) in [6, 6.07) is 5.35. The van der Waals surface area contributed by atoms with Crippen molar-refractivity contribution in [2.24, 2.45) is 0 Å². The van der Waals surface area contributed by atoms with E-state index in [1.165, 1.54) is 0 Å². The summed E-state index contributed by atoms with van der Waals surface area (Å²) in [5, 5.41) is 3.98. The Labute approximate surface area is 111 Å². The number of amides is 1. The Hall–Kier alpha value is -0.770. The highest BCUT2D eigenvalue weighted by atomic mass is 35.5. The number of benzene rings is 1. The number of carbonyl (C=O) groups excluding carboxylic acids is 1. The molecule has 1 amide bonds. The lowest BCUT2D eigenvalue weighted by atomic mass is 10.1. The molecule has 0 radical (unpaired) electrons. The first kappa shape index (κ1) is 12.7. The van der Waals surface area contributed by atoms with Gasteiger partial charge in [0.15, 0.2) is 0 Å². The minimum atomic E-state index is -0.0776. The molecule has 0 aromatic heterocycles. The highest BCUT2D eigenvalue weighted by molar-refractivity contribution is 6.43. The molecule has 0 saturated carbocycles. The normalized spacial score (nSPS) is 19.4. The first-order chi connectivity index (χ1) is 8.11. The average molecular weight is 273 g/mol. The molecule has 0 spiro atoms. The van der Waals surface area contributed by atoms with Gasteiger partial charge in [0.05, 0.1) is 15.6 Å². The largest absolute Gasteiger partial charge is 0.337 e. The second-order valence-electron chi connectivity index (χ2n) is 4.16.